The van der Waals surface area contributed by atoms with E-state index < -0.39 is 35.1 Å². The van der Waals surface area contributed by atoms with Gasteiger partial charge in [0.1, 0.15) is 23.0 Å². The molecule has 1 aliphatic heterocycles. The van der Waals surface area contributed by atoms with Crippen LogP contribution in [0.25, 0.3) is 5.76 Å². The molecule has 0 aromatic heterocycles. The number of nitrogens with zero attached hydrogens (tertiary/aromatic N) is 1. The first-order chi connectivity index (χ1) is 16.7. The minimum absolute atomic E-state index is 0.0830. The number of anilines is 1. The zero-order valence-electron chi connectivity index (χ0n) is 18.4. The van der Waals surface area contributed by atoms with E-state index >= 15 is 0 Å². The maximum absolute atomic E-state index is 14.1. The molecule has 4 rings (SSSR count). The molecule has 3 aromatic rings. The molecule has 180 valence electrons. The summed E-state index contributed by atoms with van der Waals surface area (Å²) in [6.07, 6.45) is 0. The monoisotopic (exact) mass is 501 g/mol. The zero-order valence-corrected chi connectivity index (χ0v) is 19.1. The van der Waals surface area contributed by atoms with E-state index in [9.17, 15) is 28.6 Å². The molecule has 0 aliphatic carbocycles. The molecule has 35 heavy (non-hydrogen) atoms. The molecule has 0 saturated carbocycles. The average molecular weight is 502 g/mol. The number of Topliss-reactive ketones (excluding diaryl/α,β-unsaturated/α-hetero) is 1. The summed E-state index contributed by atoms with van der Waals surface area (Å²) in [6.45, 7) is 0. The summed E-state index contributed by atoms with van der Waals surface area (Å²) >= 11 is 6.07. The number of amides is 1. The molecule has 2 N–H and O–H groups in total. The number of rotatable bonds is 5. The molecule has 3 aromatic carbocycles. The molecule has 0 bridgehead atoms. The van der Waals surface area contributed by atoms with Gasteiger partial charge in [-0.15, -0.1) is 0 Å². The van der Waals surface area contributed by atoms with E-state index in [0.29, 0.717) is 5.75 Å². The van der Waals surface area contributed by atoms with Gasteiger partial charge in [0.15, 0.2) is 11.6 Å². The molecule has 1 heterocycles. The van der Waals surface area contributed by atoms with Crippen LogP contribution in [0.1, 0.15) is 17.2 Å². The summed E-state index contributed by atoms with van der Waals surface area (Å²) in [4.78, 5) is 27.2. The van der Waals surface area contributed by atoms with Crippen molar-refractivity contribution in [1.82, 2.24) is 0 Å². The fourth-order valence-electron chi connectivity index (χ4n) is 3.88. The van der Waals surface area contributed by atoms with Crippen LogP contribution in [0.3, 0.4) is 0 Å². The molecule has 0 radical (unpaired) electrons. The number of benzene rings is 3. The average Bonchev–Trinajstić information content (AvgIpc) is 3.12. The maximum Gasteiger partial charge on any atom is 0.300 e. The van der Waals surface area contributed by atoms with Gasteiger partial charge in [0.25, 0.3) is 11.7 Å². The van der Waals surface area contributed by atoms with E-state index in [1.807, 2.05) is 0 Å². The molecule has 1 unspecified atom stereocenters. The first kappa shape index (κ1) is 24.0. The van der Waals surface area contributed by atoms with Gasteiger partial charge < -0.3 is 19.7 Å². The Morgan fingerprint density at radius 2 is 1.71 bits per heavy atom. The van der Waals surface area contributed by atoms with Crippen LogP contribution in [0.5, 0.6) is 17.2 Å². The van der Waals surface area contributed by atoms with E-state index in [1.54, 1.807) is 0 Å². The van der Waals surface area contributed by atoms with Gasteiger partial charge in [0, 0.05) is 17.8 Å². The predicted octanol–water partition coefficient (Wildman–Crippen LogP) is 4.97. The van der Waals surface area contributed by atoms with E-state index in [2.05, 4.69) is 0 Å². The predicted molar refractivity (Wildman–Crippen MR) is 124 cm³/mol. The Kier molecular flexibility index (Phi) is 6.36. The molecular weight excluding hydrogens is 484 g/mol. The van der Waals surface area contributed by atoms with Crippen LogP contribution in [0.15, 0.2) is 60.2 Å². The third-order valence-corrected chi connectivity index (χ3v) is 5.88. The Morgan fingerprint density at radius 1 is 0.971 bits per heavy atom. The van der Waals surface area contributed by atoms with Gasteiger partial charge >= 0.3 is 0 Å². The third-order valence-electron chi connectivity index (χ3n) is 5.58. The normalized spacial score (nSPS) is 17.1. The van der Waals surface area contributed by atoms with Crippen molar-refractivity contribution in [2.75, 3.05) is 19.1 Å². The quantitative estimate of drug-likeness (QED) is 0.291. The van der Waals surface area contributed by atoms with Crippen molar-refractivity contribution in [3.8, 4) is 17.2 Å². The van der Waals surface area contributed by atoms with Crippen molar-refractivity contribution in [3.63, 3.8) is 0 Å². The van der Waals surface area contributed by atoms with Crippen LogP contribution in [-0.2, 0) is 9.59 Å². The number of methoxy groups -OCH3 is 2. The molecule has 1 saturated heterocycles. The van der Waals surface area contributed by atoms with Crippen LogP contribution >= 0.6 is 11.6 Å². The summed E-state index contributed by atoms with van der Waals surface area (Å²) in [5.74, 6) is -4.77. The van der Waals surface area contributed by atoms with Crippen molar-refractivity contribution in [1.29, 1.82) is 0 Å². The molecule has 1 aliphatic rings. The minimum atomic E-state index is -1.29. The second-order valence-corrected chi connectivity index (χ2v) is 7.95. The van der Waals surface area contributed by atoms with Crippen molar-refractivity contribution >= 4 is 34.7 Å². The lowest BCUT2D eigenvalue weighted by atomic mass is 9.94. The fourth-order valence-corrected chi connectivity index (χ4v) is 4.07. The second kappa shape index (κ2) is 9.27. The number of carbonyl (C=O) groups excluding carboxylic acids is 2. The molecule has 1 atom stereocenters. The van der Waals surface area contributed by atoms with Crippen molar-refractivity contribution in [2.24, 2.45) is 0 Å². The Morgan fingerprint density at radius 3 is 2.34 bits per heavy atom. The van der Waals surface area contributed by atoms with Gasteiger partial charge in [-0.1, -0.05) is 17.7 Å². The molecule has 0 spiro atoms. The van der Waals surface area contributed by atoms with E-state index in [1.165, 1.54) is 50.6 Å². The Hall–Kier alpha value is -4.11. The Labute approximate surface area is 203 Å². The Bertz CT molecular complexity index is 1390. The van der Waals surface area contributed by atoms with E-state index in [4.69, 9.17) is 21.1 Å². The van der Waals surface area contributed by atoms with E-state index in [-0.39, 0.29) is 38.9 Å². The second-order valence-electron chi connectivity index (χ2n) is 7.54. The van der Waals surface area contributed by atoms with Gasteiger partial charge in [0.2, 0.25) is 0 Å². The zero-order chi connectivity index (χ0) is 25.4. The van der Waals surface area contributed by atoms with Gasteiger partial charge in [-0.3, -0.25) is 14.5 Å². The number of aliphatic hydroxyl groups is 1. The topological polar surface area (TPSA) is 96.3 Å². The van der Waals surface area contributed by atoms with Crippen LogP contribution in [-0.4, -0.2) is 36.1 Å². The summed E-state index contributed by atoms with van der Waals surface area (Å²) in [7, 11) is 2.79. The number of phenolic OH excluding ortho intramolecular Hbond substituents is 1. The number of halogens is 3. The standard InChI is InChI=1S/C25H18ClF2NO6/c1-34-14-5-6-15(20(11-14)35-2)23(31)21-22(12-3-8-19(30)16(26)9-12)29(25(33)24(21)32)13-4-7-17(27)18(28)10-13/h3-11,22,30-31H,1-2H3/b23-21-. The molecule has 1 amide bonds. The number of hydrogen-bond acceptors (Lipinski definition) is 6. The summed E-state index contributed by atoms with van der Waals surface area (Å²) in [5, 5.41) is 21.0. The van der Waals surface area contributed by atoms with Crippen molar-refractivity contribution in [2.45, 2.75) is 6.04 Å². The first-order valence-electron chi connectivity index (χ1n) is 10.1. The number of aromatic hydroxyl groups is 1. The Balaban J connectivity index is 1.99. The summed E-state index contributed by atoms with van der Waals surface area (Å²) < 4.78 is 38.1. The minimum Gasteiger partial charge on any atom is -0.507 e. The van der Waals surface area contributed by atoms with Gasteiger partial charge in [-0.05, 0) is 42.0 Å². The lowest BCUT2D eigenvalue weighted by Crippen LogP contribution is -2.29. The van der Waals surface area contributed by atoms with Crippen LogP contribution in [0.2, 0.25) is 5.02 Å². The van der Waals surface area contributed by atoms with Crippen LogP contribution < -0.4 is 14.4 Å². The highest BCUT2D eigenvalue weighted by Crippen LogP contribution is 2.45. The number of carbonyl (C=O) groups is 2. The summed E-state index contributed by atoms with van der Waals surface area (Å²) in [5.41, 5.74) is -0.150. The molecule has 10 heteroatoms. The number of ether oxygens (including phenoxy) is 2. The SMILES string of the molecule is COc1ccc(/C(O)=C2/C(=O)C(=O)N(c3ccc(F)c(F)c3)C2c2ccc(O)c(Cl)c2)c(OC)c1. The first-order valence-corrected chi connectivity index (χ1v) is 10.5. The lowest BCUT2D eigenvalue weighted by Gasteiger charge is -2.26. The van der Waals surface area contributed by atoms with Crippen molar-refractivity contribution in [3.05, 3.63) is 88.0 Å². The highest BCUT2D eigenvalue weighted by Gasteiger charge is 2.47. The highest BCUT2D eigenvalue weighted by atomic mass is 35.5. The highest BCUT2D eigenvalue weighted by molar-refractivity contribution is 6.51. The molecular formula is C25H18ClF2NO6. The number of ketones is 1. The van der Waals surface area contributed by atoms with Gasteiger partial charge in [-0.25, -0.2) is 8.78 Å². The van der Waals surface area contributed by atoms with E-state index in [0.717, 1.165) is 23.1 Å². The van der Waals surface area contributed by atoms with Crippen LogP contribution in [0.4, 0.5) is 14.5 Å². The third kappa shape index (κ3) is 4.15. The largest absolute Gasteiger partial charge is 0.507 e. The fraction of sp³-hybridized carbons (Fsp3) is 0.120. The van der Waals surface area contributed by atoms with Crippen LogP contribution in [0, 0.1) is 11.6 Å². The smallest absolute Gasteiger partial charge is 0.300 e. The number of phenols is 1. The molecule has 7 nitrogen and oxygen atoms in total. The maximum atomic E-state index is 14.1. The van der Waals surface area contributed by atoms with Gasteiger partial charge in [0.05, 0.1) is 36.4 Å². The number of hydrogen-bond donors (Lipinski definition) is 2. The van der Waals surface area contributed by atoms with Gasteiger partial charge in [-0.2, -0.15) is 0 Å². The van der Waals surface area contributed by atoms with Crippen molar-refractivity contribution < 1.29 is 38.1 Å². The molecule has 1 fully saturated rings. The lowest BCUT2D eigenvalue weighted by molar-refractivity contribution is -0.132. The summed E-state index contributed by atoms with van der Waals surface area (Å²) in [6, 6.07) is 9.82. The number of aliphatic hydroxyl groups excluding tert-OH is 1.